The van der Waals surface area contributed by atoms with Crippen LogP contribution in [0.15, 0.2) is 40.9 Å². The maximum absolute atomic E-state index is 6.30. The Hall–Kier alpha value is -0.540. The van der Waals surface area contributed by atoms with Crippen molar-refractivity contribution in [2.24, 2.45) is 0 Å². The predicted molar refractivity (Wildman–Crippen MR) is 95.5 cm³/mol. The molecule has 0 saturated heterocycles. The highest BCUT2D eigenvalue weighted by molar-refractivity contribution is 9.10. The fraction of sp³-hybridized carbons (Fsp3) is 0.294. The van der Waals surface area contributed by atoms with Crippen molar-refractivity contribution in [3.8, 4) is 0 Å². The molecule has 0 amide bonds. The number of aryl methyl sites for hydroxylation is 1. The van der Waals surface area contributed by atoms with Gasteiger partial charge in [0.05, 0.1) is 0 Å². The van der Waals surface area contributed by atoms with Crippen molar-refractivity contribution < 1.29 is 0 Å². The van der Waals surface area contributed by atoms with Gasteiger partial charge >= 0.3 is 0 Å². The molecule has 0 aromatic heterocycles. The Morgan fingerprint density at radius 3 is 2.52 bits per heavy atom. The van der Waals surface area contributed by atoms with Gasteiger partial charge < -0.3 is 5.32 Å². The smallest absolute Gasteiger partial charge is 0.0453 e. The van der Waals surface area contributed by atoms with Gasteiger partial charge in [-0.1, -0.05) is 58.2 Å². The van der Waals surface area contributed by atoms with Gasteiger partial charge in [0.2, 0.25) is 0 Å². The Balaban J connectivity index is 2.30. The zero-order valence-corrected chi connectivity index (χ0v) is 15.2. The zero-order valence-electron chi connectivity index (χ0n) is 12.1. The van der Waals surface area contributed by atoms with E-state index in [-0.39, 0.29) is 6.04 Å². The molecule has 112 valence electrons. The molecule has 0 saturated carbocycles. The first-order chi connectivity index (χ1) is 9.99. The number of nitrogens with one attached hydrogen (secondary N) is 1. The van der Waals surface area contributed by atoms with Crippen molar-refractivity contribution in [1.82, 2.24) is 5.32 Å². The monoisotopic (exact) mass is 385 g/mol. The average molecular weight is 387 g/mol. The highest BCUT2D eigenvalue weighted by atomic mass is 79.9. The first-order valence-corrected chi connectivity index (χ1v) is 8.49. The van der Waals surface area contributed by atoms with Crippen molar-refractivity contribution >= 4 is 39.1 Å². The Kier molecular flexibility index (Phi) is 6.12. The molecule has 0 heterocycles. The third kappa shape index (κ3) is 4.72. The molecule has 0 aliphatic carbocycles. The maximum atomic E-state index is 6.30. The number of likely N-dealkylation sites (N-methyl/N-ethyl adjacent to an activating group) is 1. The lowest BCUT2D eigenvalue weighted by molar-refractivity contribution is 0.549. The molecule has 2 aromatic carbocycles. The molecule has 0 fully saturated rings. The normalized spacial score (nSPS) is 12.4. The van der Waals surface area contributed by atoms with E-state index in [4.69, 9.17) is 23.2 Å². The molecule has 1 atom stereocenters. The van der Waals surface area contributed by atoms with Gasteiger partial charge in [0.15, 0.2) is 0 Å². The second kappa shape index (κ2) is 7.64. The summed E-state index contributed by atoms with van der Waals surface area (Å²) in [6, 6.07) is 12.4. The van der Waals surface area contributed by atoms with E-state index in [0.29, 0.717) is 5.02 Å². The second-order valence-corrected chi connectivity index (χ2v) is 6.87. The van der Waals surface area contributed by atoms with Crippen molar-refractivity contribution in [3.05, 3.63) is 67.6 Å². The summed E-state index contributed by atoms with van der Waals surface area (Å²) >= 11 is 15.8. The third-order valence-corrected chi connectivity index (χ3v) is 4.40. The Labute approximate surface area is 144 Å². The molecule has 0 bridgehead atoms. The largest absolute Gasteiger partial charge is 0.310 e. The molecule has 4 heteroatoms. The van der Waals surface area contributed by atoms with Gasteiger partial charge in [0.25, 0.3) is 0 Å². The van der Waals surface area contributed by atoms with Gasteiger partial charge in [-0.25, -0.2) is 0 Å². The summed E-state index contributed by atoms with van der Waals surface area (Å²) < 4.78 is 1.10. The van der Waals surface area contributed by atoms with Crippen LogP contribution in [0.3, 0.4) is 0 Å². The van der Waals surface area contributed by atoms with Crippen LogP contribution < -0.4 is 5.32 Å². The van der Waals surface area contributed by atoms with Crippen LogP contribution >= 0.6 is 39.1 Å². The second-order valence-electron chi connectivity index (χ2n) is 5.11. The summed E-state index contributed by atoms with van der Waals surface area (Å²) in [5, 5.41) is 4.92. The molecule has 21 heavy (non-hydrogen) atoms. The minimum Gasteiger partial charge on any atom is -0.310 e. The maximum Gasteiger partial charge on any atom is 0.0453 e. The fourth-order valence-electron chi connectivity index (χ4n) is 2.43. The lowest BCUT2D eigenvalue weighted by atomic mass is 9.97. The summed E-state index contributed by atoms with van der Waals surface area (Å²) in [5.41, 5.74) is 3.60. The SMILES string of the molecule is CCNC(Cc1ccc(Cl)cc1Cl)c1cc(C)cc(Br)c1. The van der Waals surface area contributed by atoms with Crippen molar-refractivity contribution in [1.29, 1.82) is 0 Å². The van der Waals surface area contributed by atoms with Gasteiger partial charge in [0.1, 0.15) is 0 Å². The summed E-state index contributed by atoms with van der Waals surface area (Å²) in [4.78, 5) is 0. The average Bonchev–Trinajstić information content (AvgIpc) is 2.40. The van der Waals surface area contributed by atoms with Crippen LogP contribution in [0, 0.1) is 6.92 Å². The minimum atomic E-state index is 0.227. The van der Waals surface area contributed by atoms with Crippen LogP contribution in [0.2, 0.25) is 10.0 Å². The first kappa shape index (κ1) is 16.8. The lowest BCUT2D eigenvalue weighted by Crippen LogP contribution is -2.23. The van der Waals surface area contributed by atoms with E-state index in [0.717, 1.165) is 28.0 Å². The Morgan fingerprint density at radius 1 is 1.14 bits per heavy atom. The standard InChI is InChI=1S/C17H18BrCl2N/c1-3-21-17(13-6-11(2)7-14(18)8-13)9-12-4-5-15(19)10-16(12)20/h4-8,10,17,21H,3,9H2,1-2H3. The van der Waals surface area contributed by atoms with Gasteiger partial charge in [-0.15, -0.1) is 0 Å². The van der Waals surface area contributed by atoms with E-state index >= 15 is 0 Å². The molecular formula is C17H18BrCl2N. The quantitative estimate of drug-likeness (QED) is 0.668. The molecule has 0 aliphatic heterocycles. The third-order valence-electron chi connectivity index (χ3n) is 3.36. The van der Waals surface area contributed by atoms with Crippen LogP contribution in [0.1, 0.15) is 29.7 Å². The zero-order chi connectivity index (χ0) is 15.4. The van der Waals surface area contributed by atoms with Gasteiger partial charge in [-0.05, 0) is 60.8 Å². The van der Waals surface area contributed by atoms with Gasteiger partial charge in [-0.3, -0.25) is 0 Å². The van der Waals surface area contributed by atoms with E-state index in [2.05, 4.69) is 53.3 Å². The van der Waals surface area contributed by atoms with Crippen LogP contribution in [0.25, 0.3) is 0 Å². The summed E-state index contributed by atoms with van der Waals surface area (Å²) in [6.45, 7) is 5.12. The predicted octanol–water partition coefficient (Wildman–Crippen LogP) is 5.96. The lowest BCUT2D eigenvalue weighted by Gasteiger charge is -2.20. The summed E-state index contributed by atoms with van der Waals surface area (Å²) in [5.74, 6) is 0. The van der Waals surface area contributed by atoms with Crippen LogP contribution in [0.4, 0.5) is 0 Å². The topological polar surface area (TPSA) is 12.0 Å². The number of hydrogen-bond acceptors (Lipinski definition) is 1. The molecule has 2 aromatic rings. The summed E-state index contributed by atoms with van der Waals surface area (Å²) in [6.07, 6.45) is 0.833. The van der Waals surface area contributed by atoms with Crippen LogP contribution in [-0.2, 0) is 6.42 Å². The van der Waals surface area contributed by atoms with Crippen LogP contribution in [0.5, 0.6) is 0 Å². The van der Waals surface area contributed by atoms with Gasteiger partial charge in [-0.2, -0.15) is 0 Å². The number of rotatable bonds is 5. The summed E-state index contributed by atoms with van der Waals surface area (Å²) in [7, 11) is 0. The molecule has 0 spiro atoms. The molecule has 1 nitrogen and oxygen atoms in total. The van der Waals surface area contributed by atoms with Crippen molar-refractivity contribution in [2.75, 3.05) is 6.54 Å². The Morgan fingerprint density at radius 2 is 1.90 bits per heavy atom. The highest BCUT2D eigenvalue weighted by Gasteiger charge is 2.14. The van der Waals surface area contributed by atoms with E-state index in [1.54, 1.807) is 6.07 Å². The van der Waals surface area contributed by atoms with E-state index < -0.39 is 0 Å². The fourth-order valence-corrected chi connectivity index (χ4v) is 3.54. The highest BCUT2D eigenvalue weighted by Crippen LogP contribution is 2.28. The number of benzene rings is 2. The van der Waals surface area contributed by atoms with E-state index in [1.807, 2.05) is 12.1 Å². The first-order valence-electron chi connectivity index (χ1n) is 6.94. The van der Waals surface area contributed by atoms with E-state index in [1.165, 1.54) is 11.1 Å². The molecule has 0 aliphatic rings. The van der Waals surface area contributed by atoms with Crippen molar-refractivity contribution in [2.45, 2.75) is 26.3 Å². The van der Waals surface area contributed by atoms with Crippen molar-refractivity contribution in [3.63, 3.8) is 0 Å². The Bertz CT molecular complexity index is 608. The molecule has 1 N–H and O–H groups in total. The molecule has 0 radical (unpaired) electrons. The van der Waals surface area contributed by atoms with Crippen LogP contribution in [-0.4, -0.2) is 6.54 Å². The molecule has 2 rings (SSSR count). The molecular weight excluding hydrogens is 369 g/mol. The molecule has 1 unspecified atom stereocenters. The minimum absolute atomic E-state index is 0.227. The van der Waals surface area contributed by atoms with E-state index in [9.17, 15) is 0 Å². The van der Waals surface area contributed by atoms with Gasteiger partial charge in [0, 0.05) is 20.6 Å². The number of hydrogen-bond donors (Lipinski definition) is 1. The number of halogens is 3.